The van der Waals surface area contributed by atoms with Crippen LogP contribution in [0.4, 0.5) is 4.79 Å². The van der Waals surface area contributed by atoms with Gasteiger partial charge in [0.2, 0.25) is 0 Å². The Balaban J connectivity index is 1.72. The van der Waals surface area contributed by atoms with Gasteiger partial charge in [0.15, 0.2) is 0 Å². The zero-order valence-electron chi connectivity index (χ0n) is 13.3. The van der Waals surface area contributed by atoms with Gasteiger partial charge in [-0.3, -0.25) is 4.98 Å². The van der Waals surface area contributed by atoms with Gasteiger partial charge in [-0.15, -0.1) is 0 Å². The van der Waals surface area contributed by atoms with E-state index in [0.29, 0.717) is 12.5 Å². The van der Waals surface area contributed by atoms with Gasteiger partial charge in [-0.05, 0) is 57.0 Å². The molecule has 0 bridgehead atoms. The van der Waals surface area contributed by atoms with Crippen LogP contribution in [0.15, 0.2) is 18.5 Å². The first-order valence-electron chi connectivity index (χ1n) is 7.63. The second-order valence-corrected chi connectivity index (χ2v) is 6.15. The average Bonchev–Trinajstić information content (AvgIpc) is 2.88. The maximum atomic E-state index is 12.1. The Kier molecular flexibility index (Phi) is 5.56. The van der Waals surface area contributed by atoms with Crippen molar-refractivity contribution in [2.24, 2.45) is 5.92 Å². The lowest BCUT2D eigenvalue weighted by Crippen LogP contribution is -2.39. The van der Waals surface area contributed by atoms with Crippen LogP contribution < -0.4 is 5.32 Å². The SMILES string of the molecule is Cc1cnccc1CCNC(=O)N1CCC(CN(C)C)C1. The second kappa shape index (κ2) is 7.41. The fourth-order valence-corrected chi connectivity index (χ4v) is 2.88. The van der Waals surface area contributed by atoms with Crippen LogP contribution in [0.2, 0.25) is 0 Å². The lowest BCUT2D eigenvalue weighted by atomic mass is 10.1. The molecule has 1 fully saturated rings. The molecule has 2 rings (SSSR count). The summed E-state index contributed by atoms with van der Waals surface area (Å²) in [5.41, 5.74) is 2.43. The summed E-state index contributed by atoms with van der Waals surface area (Å²) in [6.07, 6.45) is 5.63. The summed E-state index contributed by atoms with van der Waals surface area (Å²) in [6.45, 7) is 5.53. The highest BCUT2D eigenvalue weighted by Crippen LogP contribution is 2.16. The Morgan fingerprint density at radius 3 is 3.05 bits per heavy atom. The highest BCUT2D eigenvalue weighted by atomic mass is 16.2. The molecule has 1 N–H and O–H groups in total. The van der Waals surface area contributed by atoms with E-state index in [-0.39, 0.29) is 6.03 Å². The molecule has 2 heterocycles. The zero-order chi connectivity index (χ0) is 15.2. The number of pyridine rings is 1. The Morgan fingerprint density at radius 1 is 1.52 bits per heavy atom. The van der Waals surface area contributed by atoms with Crippen molar-refractivity contribution in [3.63, 3.8) is 0 Å². The van der Waals surface area contributed by atoms with Crippen molar-refractivity contribution < 1.29 is 4.79 Å². The third-order valence-electron chi connectivity index (χ3n) is 4.00. The van der Waals surface area contributed by atoms with Crippen molar-refractivity contribution >= 4 is 6.03 Å². The van der Waals surface area contributed by atoms with Gasteiger partial charge >= 0.3 is 6.03 Å². The van der Waals surface area contributed by atoms with Crippen molar-refractivity contribution in [2.75, 3.05) is 40.3 Å². The maximum absolute atomic E-state index is 12.1. The van der Waals surface area contributed by atoms with Gasteiger partial charge in [0, 0.05) is 38.6 Å². The van der Waals surface area contributed by atoms with E-state index in [2.05, 4.69) is 36.2 Å². The molecule has 1 aliphatic heterocycles. The molecule has 0 saturated carbocycles. The largest absolute Gasteiger partial charge is 0.338 e. The number of urea groups is 1. The third kappa shape index (κ3) is 4.70. The topological polar surface area (TPSA) is 48.5 Å². The maximum Gasteiger partial charge on any atom is 0.317 e. The van der Waals surface area contributed by atoms with Gasteiger partial charge in [-0.25, -0.2) is 4.79 Å². The van der Waals surface area contributed by atoms with E-state index in [1.54, 1.807) is 6.20 Å². The van der Waals surface area contributed by atoms with Crippen LogP contribution in [0.25, 0.3) is 0 Å². The Morgan fingerprint density at radius 2 is 2.33 bits per heavy atom. The number of aryl methyl sites for hydroxylation is 1. The van der Waals surface area contributed by atoms with Gasteiger partial charge in [-0.2, -0.15) is 0 Å². The molecule has 116 valence electrons. The highest BCUT2D eigenvalue weighted by Gasteiger charge is 2.26. The van der Waals surface area contributed by atoms with Crippen LogP contribution in [0, 0.1) is 12.8 Å². The van der Waals surface area contributed by atoms with Crippen LogP contribution in [-0.4, -0.2) is 61.1 Å². The first kappa shape index (κ1) is 15.8. The number of amides is 2. The van der Waals surface area contributed by atoms with Crippen molar-refractivity contribution in [2.45, 2.75) is 19.8 Å². The van der Waals surface area contributed by atoms with Crippen LogP contribution in [-0.2, 0) is 6.42 Å². The molecule has 1 saturated heterocycles. The molecule has 0 aliphatic carbocycles. The number of carbonyl (C=O) groups is 1. The molecule has 0 aromatic carbocycles. The summed E-state index contributed by atoms with van der Waals surface area (Å²) in [4.78, 5) is 20.4. The number of likely N-dealkylation sites (tertiary alicyclic amines) is 1. The Hall–Kier alpha value is -1.62. The average molecular weight is 290 g/mol. The van der Waals surface area contributed by atoms with E-state index in [9.17, 15) is 4.79 Å². The van der Waals surface area contributed by atoms with Crippen molar-refractivity contribution in [1.82, 2.24) is 20.1 Å². The van der Waals surface area contributed by atoms with Crippen molar-refractivity contribution in [1.29, 1.82) is 0 Å². The number of aromatic nitrogens is 1. The second-order valence-electron chi connectivity index (χ2n) is 6.15. The minimum absolute atomic E-state index is 0.0722. The molecule has 21 heavy (non-hydrogen) atoms. The molecule has 0 radical (unpaired) electrons. The van der Waals surface area contributed by atoms with Crippen LogP contribution >= 0.6 is 0 Å². The minimum atomic E-state index is 0.0722. The summed E-state index contributed by atoms with van der Waals surface area (Å²) >= 11 is 0. The summed E-state index contributed by atoms with van der Waals surface area (Å²) in [5.74, 6) is 0.605. The lowest BCUT2D eigenvalue weighted by Gasteiger charge is -2.19. The number of nitrogens with one attached hydrogen (secondary N) is 1. The van der Waals surface area contributed by atoms with E-state index in [1.807, 2.05) is 17.2 Å². The lowest BCUT2D eigenvalue weighted by molar-refractivity contribution is 0.205. The zero-order valence-corrected chi connectivity index (χ0v) is 13.3. The molecule has 5 heteroatoms. The molecular weight excluding hydrogens is 264 g/mol. The highest BCUT2D eigenvalue weighted by molar-refractivity contribution is 5.74. The predicted molar refractivity (Wildman–Crippen MR) is 84.3 cm³/mol. The summed E-state index contributed by atoms with van der Waals surface area (Å²) in [7, 11) is 4.17. The number of carbonyl (C=O) groups excluding carboxylic acids is 1. The van der Waals surface area contributed by atoms with Gasteiger partial charge in [0.05, 0.1) is 0 Å². The van der Waals surface area contributed by atoms with E-state index >= 15 is 0 Å². The third-order valence-corrected chi connectivity index (χ3v) is 4.00. The molecule has 0 spiro atoms. The number of rotatable bonds is 5. The summed E-state index contributed by atoms with van der Waals surface area (Å²) in [5, 5.41) is 3.03. The molecule has 5 nitrogen and oxygen atoms in total. The van der Waals surface area contributed by atoms with Crippen molar-refractivity contribution in [3.8, 4) is 0 Å². The fraction of sp³-hybridized carbons (Fsp3) is 0.625. The predicted octanol–water partition coefficient (Wildman–Crippen LogP) is 1.53. The quantitative estimate of drug-likeness (QED) is 0.894. The van der Waals surface area contributed by atoms with Gasteiger partial charge < -0.3 is 15.1 Å². The van der Waals surface area contributed by atoms with Crippen molar-refractivity contribution in [3.05, 3.63) is 29.6 Å². The molecule has 2 amide bonds. The standard InChI is InChI=1S/C16H26N4O/c1-13-10-17-7-4-15(13)5-8-18-16(21)20-9-6-14(12-20)11-19(2)3/h4,7,10,14H,5-6,8-9,11-12H2,1-3H3,(H,18,21). The summed E-state index contributed by atoms with van der Waals surface area (Å²) < 4.78 is 0. The smallest absolute Gasteiger partial charge is 0.317 e. The molecule has 1 aromatic rings. The monoisotopic (exact) mass is 290 g/mol. The first-order chi connectivity index (χ1) is 10.1. The van der Waals surface area contributed by atoms with Crippen LogP contribution in [0.3, 0.4) is 0 Å². The van der Waals surface area contributed by atoms with Gasteiger partial charge in [0.25, 0.3) is 0 Å². The van der Waals surface area contributed by atoms with E-state index < -0.39 is 0 Å². The normalized spacial score (nSPS) is 18.3. The van der Waals surface area contributed by atoms with Crippen LogP contribution in [0.5, 0.6) is 0 Å². The Labute approximate surface area is 127 Å². The first-order valence-corrected chi connectivity index (χ1v) is 7.63. The summed E-state index contributed by atoms with van der Waals surface area (Å²) in [6, 6.07) is 2.09. The minimum Gasteiger partial charge on any atom is -0.338 e. The van der Waals surface area contributed by atoms with Gasteiger partial charge in [0.1, 0.15) is 0 Å². The molecule has 1 atom stereocenters. The number of hydrogen-bond acceptors (Lipinski definition) is 3. The van der Waals surface area contributed by atoms with Gasteiger partial charge in [-0.1, -0.05) is 0 Å². The molecule has 1 aromatic heterocycles. The molecule has 1 aliphatic rings. The van der Waals surface area contributed by atoms with E-state index in [1.165, 1.54) is 11.1 Å². The molecule has 1 unspecified atom stereocenters. The number of nitrogens with zero attached hydrogens (tertiary/aromatic N) is 3. The molecular formula is C16H26N4O. The Bertz CT molecular complexity index is 475. The van der Waals surface area contributed by atoms with Crippen LogP contribution in [0.1, 0.15) is 17.5 Å². The fourth-order valence-electron chi connectivity index (χ4n) is 2.88. The van der Waals surface area contributed by atoms with E-state index in [0.717, 1.165) is 32.5 Å². The number of hydrogen-bond donors (Lipinski definition) is 1. The van der Waals surface area contributed by atoms with E-state index in [4.69, 9.17) is 0 Å².